The number of aromatic hydroxyl groups is 1. The molecule has 0 aliphatic heterocycles. The van der Waals surface area contributed by atoms with Gasteiger partial charge in [0.25, 0.3) is 0 Å². The molecule has 4 aromatic rings. The number of aromatic amines is 2. The minimum absolute atomic E-state index is 0.0338. The third-order valence-corrected chi connectivity index (χ3v) is 3.46. The molecule has 0 radical (unpaired) electrons. The topological polar surface area (TPSA) is 101 Å². The van der Waals surface area contributed by atoms with Gasteiger partial charge in [0.15, 0.2) is 11.5 Å². The second kappa shape index (κ2) is 4.08. The van der Waals surface area contributed by atoms with Crippen molar-refractivity contribution in [2.75, 3.05) is 0 Å². The zero-order chi connectivity index (χ0) is 14.4. The standard InChI is InChI=1S/C15H9N5O/c16-6-8-1-3-11-10(5-8)13(15(21)19-11)12-4-2-9-7-17-20-14(9)18-12/h1-5,7,19,21H,(H,17,18,20). The van der Waals surface area contributed by atoms with Gasteiger partial charge in [0.2, 0.25) is 0 Å². The molecular weight excluding hydrogens is 266 g/mol. The first-order valence-electron chi connectivity index (χ1n) is 6.31. The van der Waals surface area contributed by atoms with E-state index in [1.54, 1.807) is 24.4 Å². The molecule has 1 aromatic carbocycles. The van der Waals surface area contributed by atoms with Crippen molar-refractivity contribution in [1.82, 2.24) is 20.2 Å². The van der Waals surface area contributed by atoms with Gasteiger partial charge in [0.05, 0.1) is 29.1 Å². The highest BCUT2D eigenvalue weighted by Gasteiger charge is 2.15. The summed E-state index contributed by atoms with van der Waals surface area (Å²) in [6.07, 6.45) is 1.69. The summed E-state index contributed by atoms with van der Waals surface area (Å²) in [5.74, 6) is 0.0338. The summed E-state index contributed by atoms with van der Waals surface area (Å²) in [7, 11) is 0. The number of fused-ring (bicyclic) bond motifs is 2. The third kappa shape index (κ3) is 1.65. The fraction of sp³-hybridized carbons (Fsp3) is 0. The molecule has 0 saturated carbocycles. The summed E-state index contributed by atoms with van der Waals surface area (Å²) < 4.78 is 0. The Kier molecular flexibility index (Phi) is 2.23. The Balaban J connectivity index is 2.04. The molecule has 0 saturated heterocycles. The predicted octanol–water partition coefficient (Wildman–Crippen LogP) is 2.68. The van der Waals surface area contributed by atoms with Gasteiger partial charge in [-0.15, -0.1) is 0 Å². The monoisotopic (exact) mass is 275 g/mol. The molecule has 4 rings (SSSR count). The van der Waals surface area contributed by atoms with Crippen molar-refractivity contribution >= 4 is 21.9 Å². The van der Waals surface area contributed by atoms with E-state index in [9.17, 15) is 5.11 Å². The lowest BCUT2D eigenvalue weighted by Gasteiger charge is -2.00. The number of hydrogen-bond donors (Lipinski definition) is 3. The molecule has 0 aliphatic rings. The zero-order valence-corrected chi connectivity index (χ0v) is 10.8. The summed E-state index contributed by atoms with van der Waals surface area (Å²) >= 11 is 0. The van der Waals surface area contributed by atoms with Gasteiger partial charge in [-0.1, -0.05) is 0 Å². The number of pyridine rings is 1. The molecule has 6 heteroatoms. The van der Waals surface area contributed by atoms with Crippen LogP contribution in [-0.4, -0.2) is 25.3 Å². The van der Waals surface area contributed by atoms with Crippen LogP contribution < -0.4 is 0 Å². The van der Waals surface area contributed by atoms with E-state index in [0.29, 0.717) is 22.5 Å². The van der Waals surface area contributed by atoms with Crippen molar-refractivity contribution in [1.29, 1.82) is 5.26 Å². The Morgan fingerprint density at radius 3 is 2.95 bits per heavy atom. The van der Waals surface area contributed by atoms with Crippen LogP contribution in [0.15, 0.2) is 36.5 Å². The van der Waals surface area contributed by atoms with Crippen LogP contribution in [-0.2, 0) is 0 Å². The average molecular weight is 275 g/mol. The molecule has 0 bridgehead atoms. The summed E-state index contributed by atoms with van der Waals surface area (Å²) in [6, 6.07) is 11.0. The van der Waals surface area contributed by atoms with Gasteiger partial charge in [-0.2, -0.15) is 10.4 Å². The van der Waals surface area contributed by atoms with Crippen molar-refractivity contribution in [2.45, 2.75) is 0 Å². The number of nitrogens with zero attached hydrogens (tertiary/aromatic N) is 3. The Bertz CT molecular complexity index is 1020. The molecule has 21 heavy (non-hydrogen) atoms. The molecule has 3 aromatic heterocycles. The molecule has 0 spiro atoms. The Morgan fingerprint density at radius 2 is 2.10 bits per heavy atom. The molecular formula is C15H9N5O. The van der Waals surface area contributed by atoms with Crippen LogP contribution in [0.2, 0.25) is 0 Å². The Labute approximate surface area is 118 Å². The third-order valence-electron chi connectivity index (χ3n) is 3.46. The van der Waals surface area contributed by atoms with Crippen molar-refractivity contribution in [3.05, 3.63) is 42.1 Å². The maximum atomic E-state index is 10.2. The lowest BCUT2D eigenvalue weighted by Crippen LogP contribution is -1.84. The lowest BCUT2D eigenvalue weighted by atomic mass is 10.1. The number of hydrogen-bond acceptors (Lipinski definition) is 4. The minimum Gasteiger partial charge on any atom is -0.494 e. The molecule has 0 atom stereocenters. The quantitative estimate of drug-likeness (QED) is 0.497. The first kappa shape index (κ1) is 11.5. The second-order valence-electron chi connectivity index (χ2n) is 4.73. The average Bonchev–Trinajstić information content (AvgIpc) is 3.08. The van der Waals surface area contributed by atoms with E-state index in [0.717, 1.165) is 16.3 Å². The fourth-order valence-electron chi connectivity index (χ4n) is 2.47. The highest BCUT2D eigenvalue weighted by Crippen LogP contribution is 2.36. The van der Waals surface area contributed by atoms with E-state index < -0.39 is 0 Å². The number of nitrogens with one attached hydrogen (secondary N) is 2. The first-order valence-corrected chi connectivity index (χ1v) is 6.31. The molecule has 0 fully saturated rings. The molecule has 3 N–H and O–H groups in total. The van der Waals surface area contributed by atoms with Gasteiger partial charge in [-0.3, -0.25) is 5.10 Å². The minimum atomic E-state index is 0.0338. The molecule has 6 nitrogen and oxygen atoms in total. The highest BCUT2D eigenvalue weighted by molar-refractivity contribution is 5.99. The molecule has 0 amide bonds. The Morgan fingerprint density at radius 1 is 1.19 bits per heavy atom. The second-order valence-corrected chi connectivity index (χ2v) is 4.73. The van der Waals surface area contributed by atoms with Gasteiger partial charge >= 0.3 is 0 Å². The van der Waals surface area contributed by atoms with Crippen molar-refractivity contribution in [2.24, 2.45) is 0 Å². The van der Waals surface area contributed by atoms with E-state index in [1.165, 1.54) is 0 Å². The number of benzene rings is 1. The predicted molar refractivity (Wildman–Crippen MR) is 77.6 cm³/mol. The molecule has 0 unspecified atom stereocenters. The smallest absolute Gasteiger partial charge is 0.199 e. The SMILES string of the molecule is N#Cc1ccc2[nH]c(O)c(-c3ccc4cn[nH]c4n3)c2c1. The van der Waals surface area contributed by atoms with E-state index >= 15 is 0 Å². The lowest BCUT2D eigenvalue weighted by molar-refractivity contribution is 0.460. The van der Waals surface area contributed by atoms with Crippen LogP contribution in [0, 0.1) is 11.3 Å². The number of aromatic nitrogens is 4. The van der Waals surface area contributed by atoms with E-state index in [2.05, 4.69) is 26.2 Å². The van der Waals surface area contributed by atoms with E-state index in [-0.39, 0.29) is 5.88 Å². The fourth-order valence-corrected chi connectivity index (χ4v) is 2.47. The van der Waals surface area contributed by atoms with Crippen LogP contribution in [0.3, 0.4) is 0 Å². The van der Waals surface area contributed by atoms with Crippen molar-refractivity contribution in [3.8, 4) is 23.2 Å². The molecule has 3 heterocycles. The largest absolute Gasteiger partial charge is 0.494 e. The highest BCUT2D eigenvalue weighted by atomic mass is 16.3. The van der Waals surface area contributed by atoms with E-state index in [4.69, 9.17) is 5.26 Å². The molecule has 0 aliphatic carbocycles. The summed E-state index contributed by atoms with van der Waals surface area (Å²) in [6.45, 7) is 0. The van der Waals surface area contributed by atoms with Gasteiger partial charge in [0, 0.05) is 16.3 Å². The number of rotatable bonds is 1. The van der Waals surface area contributed by atoms with Crippen LogP contribution in [0.25, 0.3) is 33.2 Å². The number of nitriles is 1. The zero-order valence-electron chi connectivity index (χ0n) is 10.8. The van der Waals surface area contributed by atoms with Crippen LogP contribution in [0.1, 0.15) is 5.56 Å². The summed E-state index contributed by atoms with van der Waals surface area (Å²) in [4.78, 5) is 7.36. The van der Waals surface area contributed by atoms with Crippen molar-refractivity contribution in [3.63, 3.8) is 0 Å². The maximum absolute atomic E-state index is 10.2. The van der Waals surface area contributed by atoms with Gasteiger partial charge in [-0.25, -0.2) is 4.98 Å². The number of H-pyrrole nitrogens is 2. The summed E-state index contributed by atoms with van der Waals surface area (Å²) in [5.41, 5.74) is 3.14. The van der Waals surface area contributed by atoms with Crippen LogP contribution >= 0.6 is 0 Å². The summed E-state index contributed by atoms with van der Waals surface area (Å²) in [5, 5.41) is 27.6. The van der Waals surface area contributed by atoms with Crippen molar-refractivity contribution < 1.29 is 5.11 Å². The van der Waals surface area contributed by atoms with Crippen LogP contribution in [0.5, 0.6) is 5.88 Å². The molecule has 100 valence electrons. The Hall–Kier alpha value is -3.33. The van der Waals surface area contributed by atoms with Gasteiger partial charge < -0.3 is 10.1 Å². The normalized spacial score (nSPS) is 11.0. The van der Waals surface area contributed by atoms with Gasteiger partial charge in [-0.05, 0) is 30.3 Å². The van der Waals surface area contributed by atoms with E-state index in [1.807, 2.05) is 12.1 Å². The first-order chi connectivity index (χ1) is 10.3. The van der Waals surface area contributed by atoms with Crippen LogP contribution in [0.4, 0.5) is 0 Å². The van der Waals surface area contributed by atoms with Gasteiger partial charge in [0.1, 0.15) is 0 Å². The maximum Gasteiger partial charge on any atom is 0.199 e.